The highest BCUT2D eigenvalue weighted by Gasteiger charge is 2.32. The maximum Gasteiger partial charge on any atom is 0.256 e. The summed E-state index contributed by atoms with van der Waals surface area (Å²) in [6.45, 7) is 6.47. The Hall–Kier alpha value is -1.84. The van der Waals surface area contributed by atoms with E-state index >= 15 is 0 Å². The van der Waals surface area contributed by atoms with Gasteiger partial charge in [0.1, 0.15) is 0 Å². The van der Waals surface area contributed by atoms with Crippen molar-refractivity contribution in [1.29, 1.82) is 0 Å². The van der Waals surface area contributed by atoms with Crippen LogP contribution in [0, 0.1) is 0 Å². The summed E-state index contributed by atoms with van der Waals surface area (Å²) >= 11 is 0. The Morgan fingerprint density at radius 1 is 1.00 bits per heavy atom. The number of carbonyl (C=O) groups is 2. The molecular weight excluding hydrogens is 240 g/mol. The minimum Gasteiger partial charge on any atom is -0.324 e. The van der Waals surface area contributed by atoms with Crippen molar-refractivity contribution in [3.8, 4) is 0 Å². The van der Waals surface area contributed by atoms with Gasteiger partial charge in [-0.1, -0.05) is 32.9 Å². The van der Waals surface area contributed by atoms with Crippen LogP contribution in [0.3, 0.4) is 0 Å². The van der Waals surface area contributed by atoms with E-state index in [0.29, 0.717) is 17.8 Å². The Balaban J connectivity index is 2.74. The summed E-state index contributed by atoms with van der Waals surface area (Å²) in [7, 11) is 3.44. The van der Waals surface area contributed by atoms with Crippen molar-refractivity contribution in [2.24, 2.45) is 0 Å². The van der Waals surface area contributed by atoms with Crippen molar-refractivity contribution in [3.05, 3.63) is 34.9 Å². The summed E-state index contributed by atoms with van der Waals surface area (Å²) in [5.41, 5.74) is 1.80. The number of carbonyl (C=O) groups excluding carboxylic acids is 2. The third kappa shape index (κ3) is 2.23. The second-order valence-electron chi connectivity index (χ2n) is 6.13. The smallest absolute Gasteiger partial charge is 0.256 e. The van der Waals surface area contributed by atoms with Crippen molar-refractivity contribution in [1.82, 2.24) is 9.80 Å². The fourth-order valence-corrected chi connectivity index (χ4v) is 2.43. The fourth-order valence-electron chi connectivity index (χ4n) is 2.43. The van der Waals surface area contributed by atoms with Crippen LogP contribution in [0.4, 0.5) is 0 Å². The topological polar surface area (TPSA) is 40.6 Å². The van der Waals surface area contributed by atoms with E-state index in [1.807, 2.05) is 12.1 Å². The van der Waals surface area contributed by atoms with Crippen LogP contribution in [0.1, 0.15) is 47.1 Å². The Kier molecular flexibility index (Phi) is 3.12. The second kappa shape index (κ2) is 4.37. The van der Waals surface area contributed by atoms with E-state index in [4.69, 9.17) is 0 Å². The summed E-state index contributed by atoms with van der Waals surface area (Å²) in [5.74, 6) is -0.183. The summed E-state index contributed by atoms with van der Waals surface area (Å²) in [6.07, 6.45) is 0. The maximum absolute atomic E-state index is 12.5. The lowest BCUT2D eigenvalue weighted by atomic mass is 9.81. The summed E-state index contributed by atoms with van der Waals surface area (Å²) in [6, 6.07) is 5.52. The van der Waals surface area contributed by atoms with Crippen LogP contribution in [0.5, 0.6) is 0 Å². The van der Waals surface area contributed by atoms with Crippen LogP contribution in [-0.4, -0.2) is 42.4 Å². The molecule has 1 heterocycles. The number of amides is 2. The summed E-state index contributed by atoms with van der Waals surface area (Å²) in [4.78, 5) is 28.0. The zero-order chi connectivity index (χ0) is 14.4. The Morgan fingerprint density at radius 2 is 1.58 bits per heavy atom. The van der Waals surface area contributed by atoms with Gasteiger partial charge in [-0.25, -0.2) is 0 Å². The van der Waals surface area contributed by atoms with Gasteiger partial charge in [-0.15, -0.1) is 0 Å². The average Bonchev–Trinajstić information content (AvgIpc) is 2.41. The monoisotopic (exact) mass is 260 g/mol. The van der Waals surface area contributed by atoms with Gasteiger partial charge in [-0.3, -0.25) is 9.59 Å². The first-order valence-corrected chi connectivity index (χ1v) is 6.38. The van der Waals surface area contributed by atoms with E-state index in [-0.39, 0.29) is 17.2 Å². The van der Waals surface area contributed by atoms with Crippen molar-refractivity contribution < 1.29 is 9.59 Å². The molecule has 0 aromatic heterocycles. The number of fused-ring (bicyclic) bond motifs is 1. The molecule has 2 rings (SSSR count). The molecule has 0 atom stereocenters. The molecule has 1 aromatic rings. The van der Waals surface area contributed by atoms with Crippen LogP contribution >= 0.6 is 0 Å². The van der Waals surface area contributed by atoms with Crippen molar-refractivity contribution in [2.75, 3.05) is 20.8 Å². The highest BCUT2D eigenvalue weighted by Crippen LogP contribution is 2.30. The third-order valence-electron chi connectivity index (χ3n) is 3.43. The number of benzene rings is 1. The molecule has 0 aliphatic carbocycles. The van der Waals surface area contributed by atoms with Crippen molar-refractivity contribution >= 4 is 11.8 Å². The first-order chi connectivity index (χ1) is 8.73. The fraction of sp³-hybridized carbons (Fsp3) is 0.467. The number of rotatable bonds is 0. The molecule has 4 nitrogen and oxygen atoms in total. The molecular formula is C15H20N2O2. The van der Waals surface area contributed by atoms with E-state index < -0.39 is 0 Å². The second-order valence-corrected chi connectivity index (χ2v) is 6.13. The standard InChI is InChI=1S/C15H20N2O2/c1-15(2,3)11-8-6-7-10-12(11)14(19)17(5)9-16(4)13(10)18/h6-8H,9H2,1-5H3. The first-order valence-electron chi connectivity index (χ1n) is 6.38. The number of nitrogens with zero attached hydrogens (tertiary/aromatic N) is 2. The van der Waals surface area contributed by atoms with E-state index in [9.17, 15) is 9.59 Å². The largest absolute Gasteiger partial charge is 0.324 e. The zero-order valence-electron chi connectivity index (χ0n) is 12.2. The maximum atomic E-state index is 12.5. The Labute approximate surface area is 114 Å². The van der Waals surface area contributed by atoms with Crippen molar-refractivity contribution in [2.45, 2.75) is 26.2 Å². The number of hydrogen-bond donors (Lipinski definition) is 0. The normalized spacial score (nSPS) is 16.5. The summed E-state index contributed by atoms with van der Waals surface area (Å²) in [5, 5.41) is 0. The predicted octanol–water partition coefficient (Wildman–Crippen LogP) is 2.10. The molecule has 0 bridgehead atoms. The molecule has 0 fully saturated rings. The molecule has 102 valence electrons. The van der Waals surface area contributed by atoms with Crippen LogP contribution in [0.2, 0.25) is 0 Å². The molecule has 0 saturated heterocycles. The van der Waals surface area contributed by atoms with Gasteiger partial charge in [0.15, 0.2) is 0 Å². The highest BCUT2D eigenvalue weighted by molar-refractivity contribution is 6.09. The predicted molar refractivity (Wildman–Crippen MR) is 74.2 cm³/mol. The summed E-state index contributed by atoms with van der Waals surface area (Å²) < 4.78 is 0. The van der Waals surface area contributed by atoms with Crippen LogP contribution < -0.4 is 0 Å². The van der Waals surface area contributed by atoms with Gasteiger partial charge in [0.2, 0.25) is 0 Å². The number of hydrogen-bond acceptors (Lipinski definition) is 2. The van der Waals surface area contributed by atoms with Gasteiger partial charge in [0.05, 0.1) is 17.8 Å². The average molecular weight is 260 g/mol. The van der Waals surface area contributed by atoms with E-state index in [2.05, 4.69) is 20.8 Å². The lowest BCUT2D eigenvalue weighted by molar-refractivity contribution is 0.0652. The molecule has 0 N–H and O–H groups in total. The Bertz CT molecular complexity index is 544. The molecule has 19 heavy (non-hydrogen) atoms. The van der Waals surface area contributed by atoms with Gasteiger partial charge < -0.3 is 9.80 Å². The quantitative estimate of drug-likeness (QED) is 0.716. The van der Waals surface area contributed by atoms with Crippen LogP contribution in [0.15, 0.2) is 18.2 Å². The van der Waals surface area contributed by atoms with Crippen LogP contribution in [0.25, 0.3) is 0 Å². The molecule has 1 aromatic carbocycles. The van der Waals surface area contributed by atoms with E-state index in [1.165, 1.54) is 0 Å². The minimum atomic E-state index is -0.176. The van der Waals surface area contributed by atoms with Gasteiger partial charge >= 0.3 is 0 Å². The molecule has 4 heteroatoms. The minimum absolute atomic E-state index is 0.0850. The van der Waals surface area contributed by atoms with E-state index in [1.54, 1.807) is 30.0 Å². The molecule has 1 aliphatic rings. The molecule has 0 spiro atoms. The molecule has 1 aliphatic heterocycles. The van der Waals surface area contributed by atoms with Gasteiger partial charge in [-0.05, 0) is 17.0 Å². The molecule has 2 amide bonds. The van der Waals surface area contributed by atoms with Gasteiger partial charge in [-0.2, -0.15) is 0 Å². The van der Waals surface area contributed by atoms with Gasteiger partial charge in [0, 0.05) is 14.1 Å². The SMILES string of the molecule is CN1CN(C)C(=O)c2c(cccc2C(C)(C)C)C1=O. The van der Waals surface area contributed by atoms with E-state index in [0.717, 1.165) is 5.56 Å². The lowest BCUT2D eigenvalue weighted by Crippen LogP contribution is -2.36. The zero-order valence-corrected chi connectivity index (χ0v) is 12.2. The molecule has 0 unspecified atom stereocenters. The lowest BCUT2D eigenvalue weighted by Gasteiger charge is -2.24. The Morgan fingerprint density at radius 3 is 2.16 bits per heavy atom. The molecule has 0 saturated carbocycles. The van der Waals surface area contributed by atoms with Crippen molar-refractivity contribution in [3.63, 3.8) is 0 Å². The van der Waals surface area contributed by atoms with Gasteiger partial charge in [0.25, 0.3) is 11.8 Å². The highest BCUT2D eigenvalue weighted by atomic mass is 16.2. The first kappa shape index (κ1) is 13.6. The molecule has 0 radical (unpaired) electrons. The van der Waals surface area contributed by atoms with Crippen LogP contribution in [-0.2, 0) is 5.41 Å². The third-order valence-corrected chi connectivity index (χ3v) is 3.43.